The van der Waals surface area contributed by atoms with Crippen LogP contribution in [0.4, 0.5) is 0 Å². The van der Waals surface area contributed by atoms with E-state index in [9.17, 15) is 0 Å². The summed E-state index contributed by atoms with van der Waals surface area (Å²) in [6.45, 7) is 2.20. The molecule has 0 heterocycles. The molecule has 0 aliphatic rings. The molecule has 0 aliphatic carbocycles. The van der Waals surface area contributed by atoms with Crippen molar-refractivity contribution in [2.75, 3.05) is 14.1 Å². The summed E-state index contributed by atoms with van der Waals surface area (Å²) >= 11 is 0. The van der Waals surface area contributed by atoms with Crippen LogP contribution in [0.5, 0.6) is 0 Å². The molecule has 0 radical (unpaired) electrons. The molecule has 0 N–H and O–H groups in total. The molecule has 2 rings (SSSR count). The van der Waals surface area contributed by atoms with Gasteiger partial charge in [-0.2, -0.15) is 35.9 Å². The first kappa shape index (κ1) is 15.3. The zero-order valence-corrected chi connectivity index (χ0v) is 11.8. The Morgan fingerprint density at radius 2 is 1.69 bits per heavy atom. The van der Waals surface area contributed by atoms with Gasteiger partial charge in [0.15, 0.2) is 0 Å². The van der Waals surface area contributed by atoms with Crippen LogP contribution in [0.15, 0.2) is 54.6 Å². The van der Waals surface area contributed by atoms with Crippen LogP contribution in [0.1, 0.15) is 18.5 Å². The van der Waals surface area contributed by atoms with Crippen LogP contribution < -0.4 is 0 Å². The first-order valence-electron chi connectivity index (χ1n) is 5.26. The molecule has 16 heavy (non-hydrogen) atoms. The minimum Gasteiger partial charge on any atom is -0.305 e. The molecule has 0 aliphatic heterocycles. The van der Waals surface area contributed by atoms with Crippen molar-refractivity contribution < 1.29 is 19.5 Å². The first-order valence-corrected chi connectivity index (χ1v) is 5.26. The van der Waals surface area contributed by atoms with E-state index >= 15 is 0 Å². The van der Waals surface area contributed by atoms with Gasteiger partial charge in [0, 0.05) is 6.04 Å². The Morgan fingerprint density at radius 1 is 1.06 bits per heavy atom. The summed E-state index contributed by atoms with van der Waals surface area (Å²) in [6, 6.07) is 19.0. The van der Waals surface area contributed by atoms with E-state index in [4.69, 9.17) is 0 Å². The van der Waals surface area contributed by atoms with Gasteiger partial charge in [-0.05, 0) is 21.0 Å². The average molecular weight is 302 g/mol. The molecule has 0 bridgehead atoms. The first-order chi connectivity index (χ1) is 7.22. The van der Waals surface area contributed by atoms with Crippen LogP contribution in [0.3, 0.4) is 0 Å². The molecular formula is C14H19NRu. The summed E-state index contributed by atoms with van der Waals surface area (Å²) in [5.74, 6) is 0. The largest absolute Gasteiger partial charge is 2.00 e. The van der Waals surface area contributed by atoms with Crippen LogP contribution >= 0.6 is 0 Å². The van der Waals surface area contributed by atoms with Crippen molar-refractivity contribution in [2.45, 2.75) is 13.0 Å². The number of rotatable bonds is 2. The summed E-state index contributed by atoms with van der Waals surface area (Å²) in [5, 5.41) is 0. The molecule has 0 amide bonds. The van der Waals surface area contributed by atoms with Gasteiger partial charge in [-0.3, -0.25) is 0 Å². The van der Waals surface area contributed by atoms with Crippen LogP contribution in [0.25, 0.3) is 0 Å². The fourth-order valence-corrected chi connectivity index (χ4v) is 1.29. The van der Waals surface area contributed by atoms with E-state index in [1.54, 1.807) is 0 Å². The summed E-state index contributed by atoms with van der Waals surface area (Å²) in [5.41, 5.74) is 1.39. The van der Waals surface area contributed by atoms with Gasteiger partial charge in [0.25, 0.3) is 0 Å². The predicted octanol–water partition coefficient (Wildman–Crippen LogP) is 3.43. The molecule has 1 atom stereocenters. The maximum absolute atomic E-state index is 2.20. The molecule has 0 aromatic heterocycles. The van der Waals surface area contributed by atoms with Gasteiger partial charge in [0.05, 0.1) is 0 Å². The monoisotopic (exact) mass is 303 g/mol. The minimum absolute atomic E-state index is 0. The SMILES string of the molecule is CC(c1ccc[cH-]1)N(C)C.[Ru+2].c1cc[cH-]c1. The van der Waals surface area contributed by atoms with Crippen LogP contribution in [-0.2, 0) is 19.5 Å². The second-order valence-corrected chi connectivity index (χ2v) is 3.82. The molecule has 2 aromatic rings. The van der Waals surface area contributed by atoms with E-state index in [0.717, 1.165) is 0 Å². The van der Waals surface area contributed by atoms with Gasteiger partial charge in [-0.25, -0.2) is 24.3 Å². The third kappa shape index (κ3) is 5.39. The van der Waals surface area contributed by atoms with Crippen LogP contribution in [-0.4, -0.2) is 19.0 Å². The molecule has 88 valence electrons. The number of nitrogens with zero attached hydrogens (tertiary/aromatic N) is 1. The molecule has 0 saturated heterocycles. The van der Waals surface area contributed by atoms with Gasteiger partial charge in [-0.15, -0.1) is 0 Å². The van der Waals surface area contributed by atoms with Crippen molar-refractivity contribution in [2.24, 2.45) is 0 Å². The Labute approximate surface area is 112 Å². The molecule has 0 saturated carbocycles. The molecule has 1 unspecified atom stereocenters. The zero-order valence-electron chi connectivity index (χ0n) is 10.1. The van der Waals surface area contributed by atoms with E-state index in [-0.39, 0.29) is 19.5 Å². The van der Waals surface area contributed by atoms with E-state index in [1.165, 1.54) is 5.56 Å². The maximum atomic E-state index is 2.20. The number of hydrogen-bond acceptors (Lipinski definition) is 1. The van der Waals surface area contributed by atoms with Gasteiger partial charge in [0.1, 0.15) is 0 Å². The predicted molar refractivity (Wildman–Crippen MR) is 66.2 cm³/mol. The van der Waals surface area contributed by atoms with E-state index < -0.39 is 0 Å². The van der Waals surface area contributed by atoms with Crippen molar-refractivity contribution in [3.8, 4) is 0 Å². The van der Waals surface area contributed by atoms with Crippen molar-refractivity contribution in [3.05, 3.63) is 60.2 Å². The Kier molecular flexibility index (Phi) is 8.06. The van der Waals surface area contributed by atoms with E-state index in [0.29, 0.717) is 6.04 Å². The van der Waals surface area contributed by atoms with Crippen molar-refractivity contribution >= 4 is 0 Å². The van der Waals surface area contributed by atoms with E-state index in [2.05, 4.69) is 50.2 Å². The fourth-order valence-electron chi connectivity index (χ4n) is 1.29. The van der Waals surface area contributed by atoms with E-state index in [1.807, 2.05) is 30.3 Å². The molecule has 2 aromatic carbocycles. The topological polar surface area (TPSA) is 3.24 Å². The molecule has 1 nitrogen and oxygen atoms in total. The quantitative estimate of drug-likeness (QED) is 0.607. The third-order valence-corrected chi connectivity index (χ3v) is 2.50. The smallest absolute Gasteiger partial charge is 0.305 e. The van der Waals surface area contributed by atoms with Gasteiger partial charge in [0.2, 0.25) is 0 Å². The molecule has 0 spiro atoms. The summed E-state index contributed by atoms with van der Waals surface area (Å²) < 4.78 is 0. The standard InChI is InChI=1S/C9H14N.C5H5.Ru/c1-8(10(2)3)9-6-4-5-7-9;1-2-4-5-3-1;/h4-8H,1-3H3;1-5H;/q2*-1;+2. The minimum atomic E-state index is 0. The summed E-state index contributed by atoms with van der Waals surface area (Å²) in [6.07, 6.45) is 0. The van der Waals surface area contributed by atoms with Gasteiger partial charge < -0.3 is 4.90 Å². The third-order valence-electron chi connectivity index (χ3n) is 2.50. The van der Waals surface area contributed by atoms with Crippen molar-refractivity contribution in [1.29, 1.82) is 0 Å². The molecule has 2 heteroatoms. The maximum Gasteiger partial charge on any atom is 2.00 e. The van der Waals surface area contributed by atoms with Crippen LogP contribution in [0.2, 0.25) is 0 Å². The average Bonchev–Trinajstić information content (AvgIpc) is 2.92. The summed E-state index contributed by atoms with van der Waals surface area (Å²) in [7, 11) is 4.19. The van der Waals surface area contributed by atoms with Crippen LogP contribution in [0, 0.1) is 0 Å². The second kappa shape index (κ2) is 8.44. The Balaban J connectivity index is 0.000000318. The fraction of sp³-hybridized carbons (Fsp3) is 0.286. The molecule has 0 fully saturated rings. The second-order valence-electron chi connectivity index (χ2n) is 3.82. The normalized spacial score (nSPS) is 11.2. The van der Waals surface area contributed by atoms with Crippen molar-refractivity contribution in [3.63, 3.8) is 0 Å². The zero-order chi connectivity index (χ0) is 11.1. The Morgan fingerprint density at radius 3 is 2.00 bits per heavy atom. The Hall–Kier alpha value is -0.717. The number of hydrogen-bond donors (Lipinski definition) is 0. The van der Waals surface area contributed by atoms with Gasteiger partial charge >= 0.3 is 19.5 Å². The summed E-state index contributed by atoms with van der Waals surface area (Å²) in [4.78, 5) is 2.20. The Bertz CT molecular complexity index is 304. The van der Waals surface area contributed by atoms with Gasteiger partial charge in [-0.1, -0.05) is 0 Å². The molecular weight excluding hydrogens is 283 g/mol. The van der Waals surface area contributed by atoms with Crippen molar-refractivity contribution in [1.82, 2.24) is 4.90 Å².